The van der Waals surface area contributed by atoms with Crippen LogP contribution < -0.4 is 9.64 Å². The highest BCUT2D eigenvalue weighted by Crippen LogP contribution is 2.35. The number of carbonyl (C=O) groups is 1. The first-order chi connectivity index (χ1) is 21.4. The Labute approximate surface area is 274 Å². The van der Waals surface area contributed by atoms with Crippen molar-refractivity contribution < 1.29 is 9.53 Å². The Kier molecular flexibility index (Phi) is 9.42. The average molecular weight is 666 g/mol. The number of amides is 1. The van der Waals surface area contributed by atoms with E-state index in [1.165, 1.54) is 23.1 Å². The van der Waals surface area contributed by atoms with E-state index in [1.54, 1.807) is 0 Å². The molecule has 1 aliphatic heterocycles. The summed E-state index contributed by atoms with van der Waals surface area (Å²) in [4.78, 5) is 22.2. The van der Waals surface area contributed by atoms with E-state index >= 15 is 0 Å². The second kappa shape index (κ2) is 13.6. The van der Waals surface area contributed by atoms with Gasteiger partial charge in [-0.3, -0.25) is 9.36 Å². The third-order valence-electron chi connectivity index (χ3n) is 7.33. The number of anilines is 1. The molecule has 1 aliphatic rings. The van der Waals surface area contributed by atoms with Crippen LogP contribution in [-0.2, 0) is 5.75 Å². The molecule has 6 rings (SSSR count). The number of ether oxygens (including phenoxy) is 1. The molecule has 12 heteroatoms. The van der Waals surface area contributed by atoms with E-state index in [1.807, 2.05) is 89.4 Å². The smallest absolute Gasteiger partial charge is 0.273 e. The summed E-state index contributed by atoms with van der Waals surface area (Å²) in [6.45, 7) is 7.32. The summed E-state index contributed by atoms with van der Waals surface area (Å²) in [7, 11) is 0. The highest BCUT2D eigenvalue weighted by atomic mass is 35.5. The van der Waals surface area contributed by atoms with Crippen LogP contribution in [0.15, 0.2) is 77.3 Å². The van der Waals surface area contributed by atoms with Gasteiger partial charge in [0.05, 0.1) is 28.8 Å². The fourth-order valence-corrected chi connectivity index (χ4v) is 7.25. The summed E-state index contributed by atoms with van der Waals surface area (Å²) in [6, 6.07) is 21.3. The molecule has 0 unspecified atom stereocenters. The molecule has 1 fully saturated rings. The zero-order chi connectivity index (χ0) is 30.6. The zero-order valence-corrected chi connectivity index (χ0v) is 27.4. The third kappa shape index (κ3) is 6.44. The Morgan fingerprint density at radius 3 is 2.55 bits per heavy atom. The lowest BCUT2D eigenvalue weighted by Crippen LogP contribution is -2.49. The van der Waals surface area contributed by atoms with Crippen molar-refractivity contribution in [1.82, 2.24) is 24.6 Å². The molecular weight excluding hydrogens is 635 g/mol. The number of halogens is 2. The molecule has 5 aromatic rings. The first-order valence-corrected chi connectivity index (χ1v) is 16.8. The van der Waals surface area contributed by atoms with Crippen LogP contribution in [0.25, 0.3) is 17.1 Å². The number of nitrogens with zero attached hydrogens (tertiary/aromatic N) is 6. The third-order valence-corrected chi connectivity index (χ3v) is 9.86. The van der Waals surface area contributed by atoms with Crippen LogP contribution in [0.2, 0.25) is 10.0 Å². The SMILES string of the molecule is CCOc1ccccc1N1CCN(C(=O)c2csc(CSc3nnc(-c4ccccc4Cl)n3-c3cc(Cl)ccc3C)n2)CC1. The van der Waals surface area contributed by atoms with E-state index in [9.17, 15) is 4.79 Å². The monoisotopic (exact) mass is 664 g/mol. The Morgan fingerprint density at radius 2 is 1.75 bits per heavy atom. The minimum absolute atomic E-state index is 0.0473. The molecule has 8 nitrogen and oxygen atoms in total. The van der Waals surface area contributed by atoms with E-state index in [-0.39, 0.29) is 5.91 Å². The van der Waals surface area contributed by atoms with Gasteiger partial charge in [-0.15, -0.1) is 21.5 Å². The van der Waals surface area contributed by atoms with Crippen LogP contribution in [0, 0.1) is 6.92 Å². The van der Waals surface area contributed by atoms with Crippen molar-refractivity contribution in [1.29, 1.82) is 0 Å². The van der Waals surface area contributed by atoms with Gasteiger partial charge in [-0.05, 0) is 55.8 Å². The van der Waals surface area contributed by atoms with Crippen molar-refractivity contribution in [2.24, 2.45) is 0 Å². The number of thioether (sulfide) groups is 1. The first kappa shape index (κ1) is 30.5. The number of aryl methyl sites for hydroxylation is 1. The molecule has 1 amide bonds. The van der Waals surface area contributed by atoms with Gasteiger partial charge in [-0.1, -0.05) is 65.3 Å². The molecule has 0 saturated carbocycles. The van der Waals surface area contributed by atoms with E-state index in [0.29, 0.717) is 52.2 Å². The number of piperazine rings is 1. The highest BCUT2D eigenvalue weighted by Gasteiger charge is 2.26. The van der Waals surface area contributed by atoms with Gasteiger partial charge in [0.15, 0.2) is 11.0 Å². The normalized spacial score (nSPS) is 13.4. The van der Waals surface area contributed by atoms with Gasteiger partial charge in [-0.2, -0.15) is 0 Å². The molecular formula is C32H30Cl2N6O2S2. The summed E-state index contributed by atoms with van der Waals surface area (Å²) >= 11 is 15.9. The molecule has 226 valence electrons. The number of hydrogen-bond donors (Lipinski definition) is 0. The standard InChI is InChI=1S/C32H30Cl2N6O2S2/c1-3-42-28-11-7-6-10-26(28)38-14-16-39(17-15-38)31(41)25-19-43-29(35-25)20-44-32-37-36-30(23-8-4-5-9-24(23)34)40(32)27-18-22(33)13-12-21(27)2/h4-13,18-19H,3,14-17,20H2,1-2H3. The minimum atomic E-state index is -0.0473. The van der Waals surface area contributed by atoms with Crippen LogP contribution in [0.1, 0.15) is 28.0 Å². The van der Waals surface area contributed by atoms with Gasteiger partial charge in [0.25, 0.3) is 5.91 Å². The van der Waals surface area contributed by atoms with E-state index in [2.05, 4.69) is 21.2 Å². The van der Waals surface area contributed by atoms with Crippen LogP contribution in [0.4, 0.5) is 5.69 Å². The molecule has 2 aromatic heterocycles. The zero-order valence-electron chi connectivity index (χ0n) is 24.2. The molecule has 0 atom stereocenters. The van der Waals surface area contributed by atoms with Crippen molar-refractivity contribution in [2.75, 3.05) is 37.7 Å². The summed E-state index contributed by atoms with van der Waals surface area (Å²) in [5.74, 6) is 1.98. The second-order valence-corrected chi connectivity index (χ2v) is 12.9. The number of benzene rings is 3. The maximum atomic E-state index is 13.4. The second-order valence-electron chi connectivity index (χ2n) is 10.1. The number of carbonyl (C=O) groups excluding carboxylic acids is 1. The Balaban J connectivity index is 1.16. The lowest BCUT2D eigenvalue weighted by Gasteiger charge is -2.36. The van der Waals surface area contributed by atoms with Crippen molar-refractivity contribution in [3.63, 3.8) is 0 Å². The number of rotatable bonds is 9. The predicted molar refractivity (Wildman–Crippen MR) is 179 cm³/mol. The molecule has 3 aromatic carbocycles. The van der Waals surface area contributed by atoms with E-state index in [4.69, 9.17) is 32.9 Å². The van der Waals surface area contributed by atoms with Crippen LogP contribution >= 0.6 is 46.3 Å². The Morgan fingerprint density at radius 1 is 0.977 bits per heavy atom. The van der Waals surface area contributed by atoms with E-state index in [0.717, 1.165) is 46.3 Å². The molecule has 0 spiro atoms. The molecule has 3 heterocycles. The van der Waals surface area contributed by atoms with Crippen LogP contribution in [-0.4, -0.2) is 63.3 Å². The van der Waals surface area contributed by atoms with Crippen LogP contribution in [0.3, 0.4) is 0 Å². The summed E-state index contributed by atoms with van der Waals surface area (Å²) in [6.07, 6.45) is 0. The maximum absolute atomic E-state index is 13.4. The lowest BCUT2D eigenvalue weighted by molar-refractivity contribution is 0.0741. The van der Waals surface area contributed by atoms with Crippen molar-refractivity contribution in [2.45, 2.75) is 24.8 Å². The molecule has 0 radical (unpaired) electrons. The molecule has 44 heavy (non-hydrogen) atoms. The largest absolute Gasteiger partial charge is 0.492 e. The van der Waals surface area contributed by atoms with Gasteiger partial charge in [-0.25, -0.2) is 4.98 Å². The van der Waals surface area contributed by atoms with Crippen molar-refractivity contribution in [3.05, 3.63) is 98.4 Å². The Bertz CT molecular complexity index is 1780. The van der Waals surface area contributed by atoms with Crippen LogP contribution in [0.5, 0.6) is 5.75 Å². The quantitative estimate of drug-likeness (QED) is 0.150. The summed E-state index contributed by atoms with van der Waals surface area (Å²) < 4.78 is 7.79. The van der Waals surface area contributed by atoms with Crippen molar-refractivity contribution in [3.8, 4) is 22.8 Å². The van der Waals surface area contributed by atoms with Gasteiger partial charge in [0.2, 0.25) is 0 Å². The maximum Gasteiger partial charge on any atom is 0.273 e. The number of aromatic nitrogens is 4. The first-order valence-electron chi connectivity index (χ1n) is 14.2. The molecule has 1 saturated heterocycles. The number of thiazole rings is 1. The van der Waals surface area contributed by atoms with Gasteiger partial charge >= 0.3 is 0 Å². The summed E-state index contributed by atoms with van der Waals surface area (Å²) in [5.41, 5.74) is 4.20. The minimum Gasteiger partial charge on any atom is -0.492 e. The number of hydrogen-bond acceptors (Lipinski definition) is 8. The fraction of sp³-hybridized carbons (Fsp3) is 0.250. The van der Waals surface area contributed by atoms with Gasteiger partial charge in [0.1, 0.15) is 16.5 Å². The number of para-hydroxylation sites is 2. The fourth-order valence-electron chi connectivity index (χ4n) is 5.13. The predicted octanol–water partition coefficient (Wildman–Crippen LogP) is 7.66. The molecule has 0 N–H and O–H groups in total. The highest BCUT2D eigenvalue weighted by molar-refractivity contribution is 7.98. The Hall–Kier alpha value is -3.57. The molecule has 0 aliphatic carbocycles. The summed E-state index contributed by atoms with van der Waals surface area (Å²) in [5, 5.41) is 13.6. The molecule has 0 bridgehead atoms. The van der Waals surface area contributed by atoms with Gasteiger partial charge in [0, 0.05) is 42.1 Å². The van der Waals surface area contributed by atoms with E-state index < -0.39 is 0 Å². The van der Waals surface area contributed by atoms with Gasteiger partial charge < -0.3 is 14.5 Å². The lowest BCUT2D eigenvalue weighted by atomic mass is 10.1. The topological polar surface area (TPSA) is 76.4 Å². The average Bonchev–Trinajstić information content (AvgIpc) is 3.69. The van der Waals surface area contributed by atoms with Crippen molar-refractivity contribution >= 4 is 57.9 Å².